The van der Waals surface area contributed by atoms with E-state index in [0.29, 0.717) is 25.3 Å². The average Bonchev–Trinajstić information content (AvgIpc) is 2.57. The van der Waals surface area contributed by atoms with E-state index in [1.807, 2.05) is 30.7 Å². The third-order valence-corrected chi connectivity index (χ3v) is 4.95. The molecule has 1 heterocycles. The van der Waals surface area contributed by atoms with Crippen LogP contribution in [0.1, 0.15) is 44.7 Å². The third kappa shape index (κ3) is 7.47. The Morgan fingerprint density at radius 1 is 1.10 bits per heavy atom. The Morgan fingerprint density at radius 3 is 2.48 bits per heavy atom. The van der Waals surface area contributed by atoms with Crippen molar-refractivity contribution >= 4 is 27.2 Å². The van der Waals surface area contributed by atoms with E-state index in [9.17, 15) is 13.2 Å². The van der Waals surface area contributed by atoms with E-state index >= 15 is 0 Å². The molecule has 0 fully saturated rings. The fourth-order valence-corrected chi connectivity index (χ4v) is 3.20. The van der Waals surface area contributed by atoms with Crippen molar-refractivity contribution < 1.29 is 22.7 Å². The monoisotopic (exact) mass is 424 g/mol. The van der Waals surface area contributed by atoms with Crippen LogP contribution in [0.4, 0.5) is 4.79 Å². The Hall–Kier alpha value is -2.46. The summed E-state index contributed by atoms with van der Waals surface area (Å²) in [5, 5.41) is 0.845. The lowest BCUT2D eigenvalue weighted by Crippen LogP contribution is -2.43. The maximum atomic E-state index is 11.8. The normalized spacial score (nSPS) is 12.0. The minimum absolute atomic E-state index is 0.157. The number of fused-ring (bicyclic) bond motifs is 1. The lowest BCUT2D eigenvalue weighted by atomic mass is 10.1. The number of hydrogen-bond donors (Lipinski definition) is 2. The fraction of sp³-hybridized carbons (Fsp3) is 0.526. The standard InChI is InChI=1S/C19H28N4O5S/c1-13-10-15-16(11-14(13)2)20-12-21-17(15)27-9-7-6-8-22-29(25,26)23-18(24)28-19(3,4)5/h10-12,22H,6-9H2,1-5H3,(H,23,24). The SMILES string of the molecule is Cc1cc2ncnc(OCCCCNS(=O)(=O)NC(=O)OC(C)(C)C)c2cc1C. The number of hydrogen-bond acceptors (Lipinski definition) is 7. The van der Waals surface area contributed by atoms with E-state index < -0.39 is 21.9 Å². The zero-order valence-electron chi connectivity index (χ0n) is 17.4. The molecule has 10 heteroatoms. The molecule has 0 unspecified atom stereocenters. The molecule has 0 saturated heterocycles. The lowest BCUT2D eigenvalue weighted by Gasteiger charge is -2.19. The molecule has 9 nitrogen and oxygen atoms in total. The lowest BCUT2D eigenvalue weighted by molar-refractivity contribution is 0.0569. The zero-order chi connectivity index (χ0) is 21.7. The predicted octanol–water partition coefficient (Wildman–Crippen LogP) is 2.76. The summed E-state index contributed by atoms with van der Waals surface area (Å²) in [5.74, 6) is 0.505. The van der Waals surface area contributed by atoms with E-state index in [1.165, 1.54) is 6.33 Å². The summed E-state index contributed by atoms with van der Waals surface area (Å²) < 4.78 is 38.4. The van der Waals surface area contributed by atoms with Crippen LogP contribution in [0.5, 0.6) is 5.88 Å². The van der Waals surface area contributed by atoms with E-state index in [0.717, 1.165) is 22.0 Å². The van der Waals surface area contributed by atoms with Gasteiger partial charge < -0.3 is 9.47 Å². The molecule has 0 atom stereocenters. The van der Waals surface area contributed by atoms with Gasteiger partial charge in [0.15, 0.2) is 0 Å². The molecule has 0 aliphatic rings. The first-order valence-corrected chi connectivity index (χ1v) is 10.8. The predicted molar refractivity (Wildman–Crippen MR) is 110 cm³/mol. The summed E-state index contributed by atoms with van der Waals surface area (Å²) in [6.07, 6.45) is 1.57. The number of unbranched alkanes of at least 4 members (excludes halogenated alkanes) is 1. The van der Waals surface area contributed by atoms with Crippen LogP contribution >= 0.6 is 0 Å². The summed E-state index contributed by atoms with van der Waals surface area (Å²) in [7, 11) is -3.97. The number of carbonyl (C=O) groups is 1. The van der Waals surface area contributed by atoms with Crippen LogP contribution in [0.25, 0.3) is 10.9 Å². The molecule has 0 aliphatic carbocycles. The van der Waals surface area contributed by atoms with E-state index in [2.05, 4.69) is 14.7 Å². The fourth-order valence-electron chi connectivity index (χ4n) is 2.45. The molecule has 2 aromatic rings. The minimum atomic E-state index is -3.97. The van der Waals surface area contributed by atoms with Crippen LogP contribution in [0.15, 0.2) is 18.5 Å². The third-order valence-electron chi connectivity index (χ3n) is 3.93. The number of benzene rings is 1. The van der Waals surface area contributed by atoms with E-state index in [4.69, 9.17) is 9.47 Å². The summed E-state index contributed by atoms with van der Waals surface area (Å²) in [6.45, 7) is 9.52. The minimum Gasteiger partial charge on any atom is -0.477 e. The number of carbonyl (C=O) groups excluding carboxylic acids is 1. The van der Waals surface area contributed by atoms with Crippen molar-refractivity contribution in [1.29, 1.82) is 0 Å². The van der Waals surface area contributed by atoms with Crippen molar-refractivity contribution in [3.8, 4) is 5.88 Å². The van der Waals surface area contributed by atoms with Crippen LogP contribution in [-0.4, -0.2) is 43.2 Å². The highest BCUT2D eigenvalue weighted by Crippen LogP contribution is 2.24. The number of ether oxygens (including phenoxy) is 2. The Labute approximate surface area is 171 Å². The van der Waals surface area contributed by atoms with Crippen LogP contribution < -0.4 is 14.2 Å². The molecule has 2 rings (SSSR count). The molecule has 1 aromatic heterocycles. The van der Waals surface area contributed by atoms with Crippen molar-refractivity contribution in [3.05, 3.63) is 29.6 Å². The van der Waals surface area contributed by atoms with Gasteiger partial charge in [-0.05, 0) is 70.7 Å². The van der Waals surface area contributed by atoms with Crippen molar-refractivity contribution in [2.45, 2.75) is 53.1 Å². The number of amides is 1. The zero-order valence-corrected chi connectivity index (χ0v) is 18.2. The number of nitrogens with one attached hydrogen (secondary N) is 2. The van der Waals surface area contributed by atoms with Gasteiger partial charge in [0.2, 0.25) is 5.88 Å². The maximum Gasteiger partial charge on any atom is 0.422 e. The van der Waals surface area contributed by atoms with E-state index in [1.54, 1.807) is 20.8 Å². The van der Waals surface area contributed by atoms with Gasteiger partial charge in [0.25, 0.3) is 0 Å². The first-order chi connectivity index (χ1) is 13.5. The second-order valence-electron chi connectivity index (χ2n) is 7.69. The Bertz CT molecular complexity index is 970. The van der Waals surface area contributed by atoms with E-state index in [-0.39, 0.29) is 6.54 Å². The first kappa shape index (κ1) is 22.8. The van der Waals surface area contributed by atoms with Gasteiger partial charge in [-0.25, -0.2) is 19.5 Å². The second-order valence-corrected chi connectivity index (χ2v) is 9.19. The van der Waals surface area contributed by atoms with Gasteiger partial charge in [-0.1, -0.05) is 0 Å². The summed E-state index contributed by atoms with van der Waals surface area (Å²) in [5.41, 5.74) is 2.32. The van der Waals surface area contributed by atoms with Crippen LogP contribution in [0.2, 0.25) is 0 Å². The topological polar surface area (TPSA) is 120 Å². The van der Waals surface area contributed by atoms with Gasteiger partial charge >= 0.3 is 16.3 Å². The number of aromatic nitrogens is 2. The molecular weight excluding hydrogens is 396 g/mol. The van der Waals surface area contributed by atoms with Crippen molar-refractivity contribution in [1.82, 2.24) is 19.4 Å². The Balaban J connectivity index is 1.77. The number of rotatable bonds is 8. The molecule has 0 radical (unpaired) electrons. The molecule has 2 N–H and O–H groups in total. The van der Waals surface area contributed by atoms with Gasteiger partial charge in [0, 0.05) is 6.54 Å². The largest absolute Gasteiger partial charge is 0.477 e. The molecule has 0 spiro atoms. The number of nitrogens with zero attached hydrogens (tertiary/aromatic N) is 2. The number of aryl methyl sites for hydroxylation is 2. The first-order valence-electron chi connectivity index (χ1n) is 9.32. The van der Waals surface area contributed by atoms with Crippen LogP contribution in [0, 0.1) is 13.8 Å². The van der Waals surface area contributed by atoms with Gasteiger partial charge in [0.1, 0.15) is 11.9 Å². The maximum absolute atomic E-state index is 11.8. The van der Waals surface area contributed by atoms with Gasteiger partial charge in [-0.2, -0.15) is 13.1 Å². The highest BCUT2D eigenvalue weighted by Gasteiger charge is 2.20. The highest BCUT2D eigenvalue weighted by molar-refractivity contribution is 7.88. The Kier molecular flexibility index (Phi) is 7.37. The molecule has 0 saturated carbocycles. The van der Waals surface area contributed by atoms with Crippen molar-refractivity contribution in [2.24, 2.45) is 0 Å². The molecule has 29 heavy (non-hydrogen) atoms. The van der Waals surface area contributed by atoms with Crippen molar-refractivity contribution in [3.63, 3.8) is 0 Å². The molecule has 0 aliphatic heterocycles. The van der Waals surface area contributed by atoms with Gasteiger partial charge in [0.05, 0.1) is 17.5 Å². The molecule has 160 valence electrons. The Morgan fingerprint density at radius 2 is 1.79 bits per heavy atom. The second kappa shape index (κ2) is 9.36. The van der Waals surface area contributed by atoms with Gasteiger partial charge in [-0.15, -0.1) is 0 Å². The van der Waals surface area contributed by atoms with Crippen LogP contribution in [0.3, 0.4) is 0 Å². The highest BCUT2D eigenvalue weighted by atomic mass is 32.2. The quantitative estimate of drug-likeness (QED) is 0.625. The molecular formula is C19H28N4O5S. The smallest absolute Gasteiger partial charge is 0.422 e. The molecule has 1 amide bonds. The summed E-state index contributed by atoms with van der Waals surface area (Å²) in [6, 6.07) is 3.99. The van der Waals surface area contributed by atoms with Crippen molar-refractivity contribution in [2.75, 3.05) is 13.2 Å². The van der Waals surface area contributed by atoms with Gasteiger partial charge in [-0.3, -0.25) is 0 Å². The van der Waals surface area contributed by atoms with Crippen LogP contribution in [-0.2, 0) is 14.9 Å². The molecule has 0 bridgehead atoms. The summed E-state index contributed by atoms with van der Waals surface area (Å²) in [4.78, 5) is 20.0. The summed E-state index contributed by atoms with van der Waals surface area (Å²) >= 11 is 0. The molecule has 1 aromatic carbocycles. The average molecular weight is 425 g/mol.